The summed E-state index contributed by atoms with van der Waals surface area (Å²) in [4.78, 5) is 24.0. The largest absolute Gasteiger partial charge is 0.403 e. The third-order valence-electron chi connectivity index (χ3n) is 6.36. The van der Waals surface area contributed by atoms with Crippen molar-refractivity contribution in [2.24, 2.45) is 0 Å². The van der Waals surface area contributed by atoms with Crippen LogP contribution in [0.3, 0.4) is 0 Å². The van der Waals surface area contributed by atoms with E-state index in [1.807, 2.05) is 12.1 Å². The maximum absolute atomic E-state index is 12.8. The van der Waals surface area contributed by atoms with Crippen LogP contribution in [0, 0.1) is 0 Å². The fraction of sp³-hybridized carbons (Fsp3) is 0.522. The van der Waals surface area contributed by atoms with Gasteiger partial charge in [-0.05, 0) is 24.5 Å². The van der Waals surface area contributed by atoms with E-state index in [0.717, 1.165) is 26.4 Å². The molecule has 11 heteroatoms. The van der Waals surface area contributed by atoms with Gasteiger partial charge in [0.2, 0.25) is 0 Å². The van der Waals surface area contributed by atoms with Crippen LogP contribution in [0.2, 0.25) is 0 Å². The van der Waals surface area contributed by atoms with E-state index in [1.54, 1.807) is 0 Å². The topological polar surface area (TPSA) is 93.6 Å². The Balaban J connectivity index is 1.21. The van der Waals surface area contributed by atoms with Gasteiger partial charge in [-0.1, -0.05) is 24.3 Å². The van der Waals surface area contributed by atoms with Gasteiger partial charge in [0.15, 0.2) is 0 Å². The zero-order chi connectivity index (χ0) is 24.3. The van der Waals surface area contributed by atoms with Crippen molar-refractivity contribution >= 4 is 11.7 Å². The van der Waals surface area contributed by atoms with Crippen molar-refractivity contribution in [1.29, 1.82) is 0 Å². The van der Waals surface area contributed by atoms with Crippen molar-refractivity contribution in [2.75, 3.05) is 38.0 Å². The molecule has 1 fully saturated rings. The number of alkyl halides is 3. The average Bonchev–Trinajstić information content (AvgIpc) is 2.78. The van der Waals surface area contributed by atoms with Crippen molar-refractivity contribution in [2.45, 2.75) is 44.3 Å². The molecule has 3 heterocycles. The minimum Gasteiger partial charge on any atom is -0.390 e. The van der Waals surface area contributed by atoms with Crippen LogP contribution in [0.5, 0.6) is 0 Å². The monoisotopic (exact) mass is 478 g/mol. The number of likely N-dealkylation sites (tertiary alicyclic amines) is 1. The number of nitrogens with zero attached hydrogens (tertiary/aromatic N) is 4. The Morgan fingerprint density at radius 1 is 1.24 bits per heavy atom. The fourth-order valence-corrected chi connectivity index (χ4v) is 4.27. The summed E-state index contributed by atoms with van der Waals surface area (Å²) in [7, 11) is 0. The van der Waals surface area contributed by atoms with Gasteiger partial charge in [0.05, 0.1) is 12.1 Å². The molecule has 1 aromatic carbocycles. The second-order valence-electron chi connectivity index (χ2n) is 8.92. The summed E-state index contributed by atoms with van der Waals surface area (Å²) in [5.74, 6) is -0.0774. The number of anilines is 1. The summed E-state index contributed by atoms with van der Waals surface area (Å²) >= 11 is 0. The highest BCUT2D eigenvalue weighted by Crippen LogP contribution is 2.28. The van der Waals surface area contributed by atoms with Gasteiger partial charge in [-0.2, -0.15) is 13.2 Å². The molecule has 4 rings (SSSR count). The number of carbonyl (C=O) groups is 1. The standard InChI is InChI=1S/C23H29F3N6O2/c1-15(23(24,25)26)32-11-18(12-32)30-21-8-20(28-14-29-21)22(34)27-9-19(33)13-31-7-6-16-4-2-3-5-17(16)10-31/h2-5,8,14-15,18-19,33H,6-7,9-13H2,1H3,(H,27,34)(H,28,29,30)/t15-,19+/m1/s1. The molecule has 2 aromatic rings. The molecule has 1 saturated heterocycles. The second kappa shape index (κ2) is 10.2. The quantitative estimate of drug-likeness (QED) is 0.532. The third kappa shape index (κ3) is 6.02. The number of β-amino-alcohol motifs (C(OH)–C–C–N with tert-alkyl or cyclic N) is 1. The van der Waals surface area contributed by atoms with Crippen LogP contribution < -0.4 is 10.6 Å². The van der Waals surface area contributed by atoms with Crippen LogP contribution in [-0.2, 0) is 13.0 Å². The Morgan fingerprint density at radius 3 is 2.71 bits per heavy atom. The minimum absolute atomic E-state index is 0.0800. The molecule has 0 aliphatic carbocycles. The van der Waals surface area contributed by atoms with Crippen LogP contribution >= 0.6 is 0 Å². The Hall–Kier alpha value is -2.76. The molecular weight excluding hydrogens is 449 g/mol. The van der Waals surface area contributed by atoms with Crippen molar-refractivity contribution in [3.05, 3.63) is 53.5 Å². The maximum Gasteiger partial charge on any atom is 0.403 e. The molecule has 0 unspecified atom stereocenters. The van der Waals surface area contributed by atoms with Crippen LogP contribution in [0.4, 0.5) is 19.0 Å². The van der Waals surface area contributed by atoms with E-state index in [4.69, 9.17) is 0 Å². The summed E-state index contributed by atoms with van der Waals surface area (Å²) < 4.78 is 38.4. The molecular formula is C23H29F3N6O2. The zero-order valence-electron chi connectivity index (χ0n) is 18.9. The lowest BCUT2D eigenvalue weighted by atomic mass is 10.00. The number of fused-ring (bicyclic) bond motifs is 1. The lowest BCUT2D eigenvalue weighted by Gasteiger charge is -2.43. The third-order valence-corrected chi connectivity index (χ3v) is 6.36. The van der Waals surface area contributed by atoms with Crippen molar-refractivity contribution in [1.82, 2.24) is 25.1 Å². The molecule has 184 valence electrons. The maximum atomic E-state index is 12.8. The first kappa shape index (κ1) is 24.4. The number of aliphatic hydroxyl groups excluding tert-OH is 1. The Morgan fingerprint density at radius 2 is 1.97 bits per heavy atom. The number of hydrogen-bond donors (Lipinski definition) is 3. The van der Waals surface area contributed by atoms with Crippen LogP contribution in [-0.4, -0.2) is 87.9 Å². The molecule has 34 heavy (non-hydrogen) atoms. The van der Waals surface area contributed by atoms with Gasteiger partial charge < -0.3 is 15.7 Å². The van der Waals surface area contributed by atoms with Gasteiger partial charge in [-0.3, -0.25) is 14.6 Å². The van der Waals surface area contributed by atoms with Crippen molar-refractivity contribution < 1.29 is 23.1 Å². The molecule has 0 radical (unpaired) electrons. The smallest absolute Gasteiger partial charge is 0.390 e. The van der Waals surface area contributed by atoms with Crippen LogP contribution in [0.25, 0.3) is 0 Å². The number of carbonyl (C=O) groups excluding carboxylic acids is 1. The molecule has 2 atom stereocenters. The van der Waals surface area contributed by atoms with E-state index >= 15 is 0 Å². The first-order chi connectivity index (χ1) is 16.2. The highest BCUT2D eigenvalue weighted by Gasteiger charge is 2.44. The molecule has 3 N–H and O–H groups in total. The number of aromatic nitrogens is 2. The highest BCUT2D eigenvalue weighted by atomic mass is 19.4. The number of aliphatic hydroxyl groups is 1. The summed E-state index contributed by atoms with van der Waals surface area (Å²) in [6, 6.07) is 8.03. The normalized spacial score (nSPS) is 19.1. The number of amides is 1. The summed E-state index contributed by atoms with van der Waals surface area (Å²) in [6.07, 6.45) is -2.83. The SMILES string of the molecule is C[C@@H](N1CC(Nc2cc(C(=O)NC[C@H](O)CN3CCc4ccccc4C3)ncn2)C1)C(F)(F)F. The van der Waals surface area contributed by atoms with Gasteiger partial charge in [-0.25, -0.2) is 9.97 Å². The molecule has 0 bridgehead atoms. The number of rotatable bonds is 8. The van der Waals surface area contributed by atoms with E-state index in [0.29, 0.717) is 12.4 Å². The predicted molar refractivity (Wildman–Crippen MR) is 120 cm³/mol. The number of hydrogen-bond acceptors (Lipinski definition) is 7. The fourth-order valence-electron chi connectivity index (χ4n) is 4.27. The number of halogens is 3. The first-order valence-electron chi connectivity index (χ1n) is 11.3. The summed E-state index contributed by atoms with van der Waals surface area (Å²) in [5.41, 5.74) is 2.71. The predicted octanol–water partition coefficient (Wildman–Crippen LogP) is 1.67. The van der Waals surface area contributed by atoms with Gasteiger partial charge in [0.1, 0.15) is 23.9 Å². The molecule has 1 aromatic heterocycles. The zero-order valence-corrected chi connectivity index (χ0v) is 18.9. The highest BCUT2D eigenvalue weighted by molar-refractivity contribution is 5.92. The first-order valence-corrected chi connectivity index (χ1v) is 11.3. The Bertz CT molecular complexity index is 999. The van der Waals surface area contributed by atoms with Crippen LogP contribution in [0.15, 0.2) is 36.7 Å². The Kier molecular flexibility index (Phi) is 7.34. The number of nitrogens with one attached hydrogen (secondary N) is 2. The molecule has 2 aliphatic heterocycles. The molecule has 1 amide bonds. The lowest BCUT2D eigenvalue weighted by molar-refractivity contribution is -0.188. The molecule has 0 saturated carbocycles. The summed E-state index contributed by atoms with van der Waals surface area (Å²) in [6.45, 7) is 3.75. The Labute approximate surface area is 196 Å². The van der Waals surface area contributed by atoms with E-state index in [9.17, 15) is 23.1 Å². The van der Waals surface area contributed by atoms with Gasteiger partial charge in [0, 0.05) is 45.3 Å². The molecule has 0 spiro atoms. The van der Waals surface area contributed by atoms with Crippen molar-refractivity contribution in [3.8, 4) is 0 Å². The lowest BCUT2D eigenvalue weighted by Crippen LogP contribution is -2.61. The van der Waals surface area contributed by atoms with Gasteiger partial charge >= 0.3 is 6.18 Å². The van der Waals surface area contributed by atoms with Crippen LogP contribution in [0.1, 0.15) is 28.5 Å². The van der Waals surface area contributed by atoms with E-state index in [-0.39, 0.29) is 31.4 Å². The van der Waals surface area contributed by atoms with E-state index in [2.05, 4.69) is 37.6 Å². The average molecular weight is 479 g/mol. The molecule has 2 aliphatic rings. The van der Waals surface area contributed by atoms with Crippen molar-refractivity contribution in [3.63, 3.8) is 0 Å². The second-order valence-corrected chi connectivity index (χ2v) is 8.92. The van der Waals surface area contributed by atoms with E-state index in [1.165, 1.54) is 28.4 Å². The number of benzene rings is 1. The van der Waals surface area contributed by atoms with Gasteiger partial charge in [-0.15, -0.1) is 0 Å². The molecule has 8 nitrogen and oxygen atoms in total. The summed E-state index contributed by atoms with van der Waals surface area (Å²) in [5, 5.41) is 16.1. The van der Waals surface area contributed by atoms with Gasteiger partial charge in [0.25, 0.3) is 5.91 Å². The van der Waals surface area contributed by atoms with E-state index < -0.39 is 24.2 Å². The minimum atomic E-state index is -4.26.